The van der Waals surface area contributed by atoms with Crippen molar-refractivity contribution in [2.45, 2.75) is 25.3 Å². The number of hydrogen-bond donors (Lipinski definition) is 3. The molecule has 20 heavy (non-hydrogen) atoms. The first kappa shape index (κ1) is 11.7. The topological polar surface area (TPSA) is 56.5 Å². The van der Waals surface area contributed by atoms with Gasteiger partial charge in [-0.2, -0.15) is 0 Å². The van der Waals surface area contributed by atoms with Crippen molar-refractivity contribution in [3.8, 4) is 11.4 Å². The molecule has 0 amide bonds. The van der Waals surface area contributed by atoms with Crippen LogP contribution in [0.15, 0.2) is 36.8 Å². The van der Waals surface area contributed by atoms with Crippen LogP contribution in [-0.4, -0.2) is 27.5 Å². The minimum atomic E-state index is 0.626. The predicted molar refractivity (Wildman–Crippen MR) is 80.6 cm³/mol. The minimum Gasteiger partial charge on any atom is -0.361 e. The van der Waals surface area contributed by atoms with Crippen LogP contribution in [0.5, 0.6) is 0 Å². The molecule has 3 aromatic rings. The molecule has 0 radical (unpaired) electrons. The lowest BCUT2D eigenvalue weighted by Crippen LogP contribution is -2.23. The van der Waals surface area contributed by atoms with Crippen molar-refractivity contribution in [3.63, 3.8) is 0 Å². The minimum absolute atomic E-state index is 0.626. The zero-order chi connectivity index (χ0) is 13.4. The number of aromatic amines is 2. The van der Waals surface area contributed by atoms with E-state index in [2.05, 4.69) is 44.7 Å². The Balaban J connectivity index is 1.72. The molecule has 1 aliphatic heterocycles. The fraction of sp³-hybridized carbons (Fsp3) is 0.312. The van der Waals surface area contributed by atoms with Crippen molar-refractivity contribution in [2.24, 2.45) is 0 Å². The average molecular weight is 266 g/mol. The normalized spacial score (nSPS) is 18.9. The third-order valence-corrected chi connectivity index (χ3v) is 4.17. The number of imidazole rings is 1. The van der Waals surface area contributed by atoms with Gasteiger partial charge in [-0.25, -0.2) is 4.98 Å². The van der Waals surface area contributed by atoms with E-state index < -0.39 is 0 Å². The van der Waals surface area contributed by atoms with Crippen LogP contribution in [0.3, 0.4) is 0 Å². The summed E-state index contributed by atoms with van der Waals surface area (Å²) in [5, 5.41) is 4.88. The molecule has 3 heterocycles. The second-order valence-electron chi connectivity index (χ2n) is 5.51. The molecular formula is C16H18N4. The summed E-state index contributed by atoms with van der Waals surface area (Å²) in [5.41, 5.74) is 3.74. The van der Waals surface area contributed by atoms with Gasteiger partial charge in [0.05, 0.1) is 0 Å². The maximum atomic E-state index is 4.33. The van der Waals surface area contributed by atoms with E-state index >= 15 is 0 Å². The molecule has 1 aromatic carbocycles. The molecule has 0 spiro atoms. The lowest BCUT2D eigenvalue weighted by molar-refractivity contribution is 0.605. The molecule has 0 bridgehead atoms. The number of aromatic nitrogens is 3. The number of H-pyrrole nitrogens is 2. The van der Waals surface area contributed by atoms with E-state index in [9.17, 15) is 0 Å². The van der Waals surface area contributed by atoms with Crippen molar-refractivity contribution in [2.75, 3.05) is 6.54 Å². The Morgan fingerprint density at radius 2 is 2.25 bits per heavy atom. The van der Waals surface area contributed by atoms with Crippen molar-refractivity contribution in [3.05, 3.63) is 42.4 Å². The van der Waals surface area contributed by atoms with Gasteiger partial charge < -0.3 is 15.3 Å². The number of hydrogen-bond acceptors (Lipinski definition) is 2. The molecule has 1 fully saturated rings. The second-order valence-corrected chi connectivity index (χ2v) is 5.51. The molecule has 2 aromatic heterocycles. The lowest BCUT2D eigenvalue weighted by atomic mass is 10.0. The Morgan fingerprint density at radius 1 is 1.25 bits per heavy atom. The number of fused-ring (bicyclic) bond motifs is 1. The zero-order valence-electron chi connectivity index (χ0n) is 11.3. The highest BCUT2D eigenvalue weighted by Gasteiger charge is 2.16. The van der Waals surface area contributed by atoms with Crippen molar-refractivity contribution >= 4 is 10.9 Å². The van der Waals surface area contributed by atoms with Gasteiger partial charge in [-0.1, -0.05) is 0 Å². The van der Waals surface area contributed by atoms with Gasteiger partial charge in [0, 0.05) is 41.1 Å². The van der Waals surface area contributed by atoms with Crippen LogP contribution in [0, 0.1) is 0 Å². The summed E-state index contributed by atoms with van der Waals surface area (Å²) >= 11 is 0. The van der Waals surface area contributed by atoms with Crippen LogP contribution >= 0.6 is 0 Å². The van der Waals surface area contributed by atoms with Crippen LogP contribution in [0.25, 0.3) is 22.3 Å². The number of nitrogens with one attached hydrogen (secondary N) is 3. The highest BCUT2D eigenvalue weighted by Crippen LogP contribution is 2.26. The maximum Gasteiger partial charge on any atom is 0.137 e. The Bertz CT molecular complexity index is 705. The molecule has 4 heteroatoms. The monoisotopic (exact) mass is 266 g/mol. The quantitative estimate of drug-likeness (QED) is 0.682. The average Bonchev–Trinajstić information content (AvgIpc) is 3.20. The summed E-state index contributed by atoms with van der Waals surface area (Å²) in [6, 6.07) is 7.10. The largest absolute Gasteiger partial charge is 0.361 e. The Labute approximate surface area is 117 Å². The molecule has 0 saturated carbocycles. The Morgan fingerprint density at radius 3 is 3.05 bits per heavy atom. The predicted octanol–water partition coefficient (Wildman–Crippen LogP) is 2.85. The molecule has 1 aliphatic rings. The van der Waals surface area contributed by atoms with E-state index in [-0.39, 0.29) is 0 Å². The highest BCUT2D eigenvalue weighted by atomic mass is 14.9. The van der Waals surface area contributed by atoms with E-state index in [1.807, 2.05) is 6.20 Å². The SMILES string of the molecule is c1c[nH]c(-c2ccc3[nH]cc(C[C@H]4CCCN4)c3c2)n1. The fourth-order valence-corrected chi connectivity index (χ4v) is 3.11. The summed E-state index contributed by atoms with van der Waals surface area (Å²) < 4.78 is 0. The fourth-order valence-electron chi connectivity index (χ4n) is 3.11. The van der Waals surface area contributed by atoms with Gasteiger partial charge in [0.1, 0.15) is 5.82 Å². The van der Waals surface area contributed by atoms with Crippen LogP contribution < -0.4 is 5.32 Å². The summed E-state index contributed by atoms with van der Waals surface area (Å²) in [7, 11) is 0. The van der Waals surface area contributed by atoms with Crippen LogP contribution in [-0.2, 0) is 6.42 Å². The van der Waals surface area contributed by atoms with E-state index in [0.717, 1.165) is 24.4 Å². The van der Waals surface area contributed by atoms with Gasteiger partial charge >= 0.3 is 0 Å². The molecule has 1 saturated heterocycles. The van der Waals surface area contributed by atoms with E-state index in [1.165, 1.54) is 29.3 Å². The van der Waals surface area contributed by atoms with Crippen LogP contribution in [0.4, 0.5) is 0 Å². The molecule has 4 nitrogen and oxygen atoms in total. The van der Waals surface area contributed by atoms with Gasteiger partial charge in [-0.3, -0.25) is 0 Å². The first-order valence-electron chi connectivity index (χ1n) is 7.23. The van der Waals surface area contributed by atoms with Gasteiger partial charge in [-0.15, -0.1) is 0 Å². The van der Waals surface area contributed by atoms with Gasteiger partial charge in [0.25, 0.3) is 0 Å². The number of nitrogens with zero attached hydrogens (tertiary/aromatic N) is 1. The Kier molecular flexibility index (Phi) is 2.81. The Hall–Kier alpha value is -2.07. The first-order chi connectivity index (χ1) is 9.90. The smallest absolute Gasteiger partial charge is 0.137 e. The third kappa shape index (κ3) is 2.02. The standard InChI is InChI=1S/C16H18N4/c1-2-13(17-5-1)8-12-10-20-15-4-3-11(9-14(12)15)16-18-6-7-19-16/h3-4,6-7,9-10,13,17,20H,1-2,5,8H2,(H,18,19)/t13-/m1/s1. The summed E-state index contributed by atoms with van der Waals surface area (Å²) in [6.45, 7) is 1.16. The second kappa shape index (κ2) is 4.80. The number of rotatable bonds is 3. The molecule has 102 valence electrons. The van der Waals surface area contributed by atoms with Crippen LogP contribution in [0.2, 0.25) is 0 Å². The van der Waals surface area contributed by atoms with Gasteiger partial charge in [-0.05, 0) is 49.6 Å². The molecule has 4 rings (SSSR count). The molecule has 0 aliphatic carbocycles. The van der Waals surface area contributed by atoms with Crippen molar-refractivity contribution in [1.29, 1.82) is 0 Å². The molecule has 1 atom stereocenters. The molecule has 3 N–H and O–H groups in total. The summed E-state index contributed by atoms with van der Waals surface area (Å²) in [4.78, 5) is 10.9. The van der Waals surface area contributed by atoms with Crippen molar-refractivity contribution in [1.82, 2.24) is 20.3 Å². The lowest BCUT2D eigenvalue weighted by Gasteiger charge is -2.09. The molecule has 0 unspecified atom stereocenters. The van der Waals surface area contributed by atoms with Crippen LogP contribution in [0.1, 0.15) is 18.4 Å². The third-order valence-electron chi connectivity index (χ3n) is 4.17. The van der Waals surface area contributed by atoms with Gasteiger partial charge in [0.15, 0.2) is 0 Å². The van der Waals surface area contributed by atoms with E-state index in [4.69, 9.17) is 0 Å². The summed E-state index contributed by atoms with van der Waals surface area (Å²) in [6.07, 6.45) is 9.48. The van der Waals surface area contributed by atoms with E-state index in [0.29, 0.717) is 6.04 Å². The summed E-state index contributed by atoms with van der Waals surface area (Å²) in [5.74, 6) is 0.929. The zero-order valence-corrected chi connectivity index (χ0v) is 11.3. The number of benzene rings is 1. The first-order valence-corrected chi connectivity index (χ1v) is 7.23. The maximum absolute atomic E-state index is 4.33. The van der Waals surface area contributed by atoms with E-state index in [1.54, 1.807) is 6.20 Å². The van der Waals surface area contributed by atoms with Crippen molar-refractivity contribution < 1.29 is 0 Å². The highest BCUT2D eigenvalue weighted by molar-refractivity contribution is 5.87. The van der Waals surface area contributed by atoms with Gasteiger partial charge in [0.2, 0.25) is 0 Å². The molecular weight excluding hydrogens is 248 g/mol.